The first-order chi connectivity index (χ1) is 11.0. The van der Waals surface area contributed by atoms with Crippen LogP contribution < -0.4 is 0 Å². The Morgan fingerprint density at radius 1 is 0.308 bits per heavy atom. The van der Waals surface area contributed by atoms with Crippen molar-refractivity contribution in [1.82, 2.24) is 0 Å². The highest BCUT2D eigenvalue weighted by atomic mass is 19.3. The lowest BCUT2D eigenvalue weighted by Crippen LogP contribution is -3.07. The number of hydrogen-bond acceptors (Lipinski definition) is 0. The SMILES string of the molecule is [CH2]C12C(F)(F)C3(F)C(F)(F)C(F)(C1(F)F)C(F)(F)C(F)(C2(F)F)C3(F)F. The molecule has 4 rings (SSSR count). The van der Waals surface area contributed by atoms with Gasteiger partial charge in [-0.15, -0.1) is 0 Å². The Labute approximate surface area is 132 Å². The molecule has 15 heteroatoms. The van der Waals surface area contributed by atoms with Crippen LogP contribution in [0.1, 0.15) is 0 Å². The van der Waals surface area contributed by atoms with Gasteiger partial charge in [0.15, 0.2) is 5.41 Å². The molecule has 1 radical (unpaired) electrons. The molecule has 4 fully saturated rings. The van der Waals surface area contributed by atoms with E-state index >= 15 is 0 Å². The van der Waals surface area contributed by atoms with Crippen molar-refractivity contribution >= 4 is 0 Å². The molecule has 0 amide bonds. The largest absolute Gasteiger partial charge is 0.339 e. The molecule has 0 aromatic carbocycles. The van der Waals surface area contributed by atoms with Gasteiger partial charge in [0.25, 0.3) is 0 Å². The first-order valence-electron chi connectivity index (χ1n) is 6.19. The van der Waals surface area contributed by atoms with E-state index in [0.29, 0.717) is 0 Å². The van der Waals surface area contributed by atoms with E-state index in [4.69, 9.17) is 0 Å². The predicted octanol–water partition coefficient (Wildman–Crippen LogP) is 4.78. The quantitative estimate of drug-likeness (QED) is 0.496. The Kier molecular flexibility index (Phi) is 2.75. The van der Waals surface area contributed by atoms with Gasteiger partial charge in [0.05, 0.1) is 0 Å². The van der Waals surface area contributed by atoms with E-state index in [1.165, 1.54) is 6.92 Å². The van der Waals surface area contributed by atoms with Crippen LogP contribution in [0, 0.1) is 12.3 Å². The lowest BCUT2D eigenvalue weighted by molar-refractivity contribution is -0.605. The van der Waals surface area contributed by atoms with Gasteiger partial charge >= 0.3 is 52.5 Å². The molecule has 4 aliphatic carbocycles. The van der Waals surface area contributed by atoms with Crippen LogP contribution in [-0.4, -0.2) is 52.5 Å². The minimum Gasteiger partial charge on any atom is -0.223 e. The lowest BCUT2D eigenvalue weighted by atomic mass is 9.37. The van der Waals surface area contributed by atoms with E-state index in [2.05, 4.69) is 0 Å². The zero-order valence-electron chi connectivity index (χ0n) is 11.4. The molecule has 4 aliphatic rings. The highest BCUT2D eigenvalue weighted by Crippen LogP contribution is 2.90. The maximum atomic E-state index is 14.2. The third-order valence-electron chi connectivity index (χ3n) is 5.50. The molecule has 0 atom stereocenters. The first kappa shape index (κ1) is 19.7. The normalized spacial score (nSPS) is 53.5. The molecule has 0 aromatic heterocycles. The fourth-order valence-electron chi connectivity index (χ4n) is 3.96. The molecule has 26 heavy (non-hydrogen) atoms. The zero-order valence-corrected chi connectivity index (χ0v) is 11.4. The molecule has 4 bridgehead atoms. The van der Waals surface area contributed by atoms with Gasteiger partial charge in [-0.25, -0.2) is 39.5 Å². The third kappa shape index (κ3) is 0.967. The Bertz CT molecular complexity index is 507. The van der Waals surface area contributed by atoms with E-state index in [0.717, 1.165) is 0 Å². The van der Waals surface area contributed by atoms with Crippen molar-refractivity contribution in [1.29, 1.82) is 0 Å². The summed E-state index contributed by atoms with van der Waals surface area (Å²) in [6.07, 6.45) is 0. The molecule has 0 aromatic rings. The van der Waals surface area contributed by atoms with Gasteiger partial charge in [-0.1, -0.05) is 0 Å². The van der Waals surface area contributed by atoms with E-state index in [-0.39, 0.29) is 0 Å². The minimum atomic E-state index is -7.72. The fraction of sp³-hybridized carbons (Fsp3) is 0.909. The van der Waals surface area contributed by atoms with Gasteiger partial charge < -0.3 is 0 Å². The van der Waals surface area contributed by atoms with E-state index in [9.17, 15) is 65.9 Å². The van der Waals surface area contributed by atoms with Gasteiger partial charge in [0.1, 0.15) is 0 Å². The Balaban J connectivity index is 2.71. The topological polar surface area (TPSA) is 0 Å². The van der Waals surface area contributed by atoms with Gasteiger partial charge in [0, 0.05) is 0 Å². The zero-order chi connectivity index (χ0) is 21.0. The molecule has 0 heterocycles. The van der Waals surface area contributed by atoms with Gasteiger partial charge in [-0.2, -0.15) is 26.3 Å². The van der Waals surface area contributed by atoms with Crippen LogP contribution in [0.3, 0.4) is 0 Å². The van der Waals surface area contributed by atoms with Crippen LogP contribution in [-0.2, 0) is 0 Å². The van der Waals surface area contributed by atoms with Crippen molar-refractivity contribution in [3.8, 4) is 0 Å². The highest BCUT2D eigenvalue weighted by molar-refractivity contribution is 5.53. The maximum Gasteiger partial charge on any atom is 0.339 e. The third-order valence-corrected chi connectivity index (χ3v) is 5.50. The van der Waals surface area contributed by atoms with Crippen LogP contribution in [0.4, 0.5) is 65.9 Å². The van der Waals surface area contributed by atoms with Crippen LogP contribution in [0.5, 0.6) is 0 Å². The van der Waals surface area contributed by atoms with Crippen LogP contribution in [0.25, 0.3) is 0 Å². The molecule has 0 nitrogen and oxygen atoms in total. The van der Waals surface area contributed by atoms with Crippen molar-refractivity contribution in [2.45, 2.75) is 52.5 Å². The Hall–Kier alpha value is -1.05. The molecular weight excluding hydrogens is 417 g/mol. The van der Waals surface area contributed by atoms with Crippen molar-refractivity contribution in [2.75, 3.05) is 0 Å². The number of alkyl halides is 15. The minimum absolute atomic E-state index is 1.25. The number of hydrogen-bond donors (Lipinski definition) is 0. The van der Waals surface area contributed by atoms with Crippen LogP contribution in [0.15, 0.2) is 0 Å². The summed E-state index contributed by atoms with van der Waals surface area (Å²) in [5, 5.41) is 0. The van der Waals surface area contributed by atoms with Gasteiger partial charge in [-0.05, 0) is 6.92 Å². The molecule has 0 aliphatic heterocycles. The van der Waals surface area contributed by atoms with E-state index < -0.39 is 58.0 Å². The average Bonchev–Trinajstić information content (AvgIpc) is 2.46. The Morgan fingerprint density at radius 2 is 0.462 bits per heavy atom. The first-order valence-corrected chi connectivity index (χ1v) is 6.19. The average molecular weight is 419 g/mol. The van der Waals surface area contributed by atoms with Crippen LogP contribution in [0.2, 0.25) is 0 Å². The number of halogens is 15. The maximum absolute atomic E-state index is 14.2. The molecule has 151 valence electrons. The molecule has 0 unspecified atom stereocenters. The molecular formula is C11H2F15. The summed E-state index contributed by atoms with van der Waals surface area (Å²) in [5.41, 5.74) is -29.1. The second kappa shape index (κ2) is 3.63. The molecule has 0 N–H and O–H groups in total. The van der Waals surface area contributed by atoms with E-state index in [1.54, 1.807) is 0 Å². The summed E-state index contributed by atoms with van der Waals surface area (Å²) in [5.74, 6) is -45.2. The lowest BCUT2D eigenvalue weighted by Gasteiger charge is -2.74. The molecule has 4 saturated carbocycles. The van der Waals surface area contributed by atoms with E-state index in [1.807, 2.05) is 0 Å². The Morgan fingerprint density at radius 3 is 0.615 bits per heavy atom. The van der Waals surface area contributed by atoms with Crippen molar-refractivity contribution in [2.24, 2.45) is 5.41 Å². The van der Waals surface area contributed by atoms with Crippen LogP contribution >= 0.6 is 0 Å². The van der Waals surface area contributed by atoms with Crippen molar-refractivity contribution in [3.05, 3.63) is 6.92 Å². The smallest absolute Gasteiger partial charge is 0.223 e. The monoisotopic (exact) mass is 419 g/mol. The fourth-order valence-corrected chi connectivity index (χ4v) is 3.96. The standard InChI is InChI=1S/C11H2F15/c1-2-6(15,16)3(12)9(21,22)4(13,7(2,17)18)11(25,26)5(14,8(2,19)20)10(3,23)24/h1H2. The summed E-state index contributed by atoms with van der Waals surface area (Å²) in [4.78, 5) is 0. The predicted molar refractivity (Wildman–Crippen MR) is 49.0 cm³/mol. The highest BCUT2D eigenvalue weighted by Gasteiger charge is 3.21. The van der Waals surface area contributed by atoms with Crippen molar-refractivity contribution in [3.63, 3.8) is 0 Å². The summed E-state index contributed by atoms with van der Waals surface area (Å²) < 4.78 is 209. The van der Waals surface area contributed by atoms with Crippen molar-refractivity contribution < 1.29 is 65.9 Å². The summed E-state index contributed by atoms with van der Waals surface area (Å²) in [6.45, 7) is 1.25. The number of rotatable bonds is 0. The molecule has 0 spiro atoms. The summed E-state index contributed by atoms with van der Waals surface area (Å²) >= 11 is 0. The second-order valence-corrected chi connectivity index (χ2v) is 6.33. The summed E-state index contributed by atoms with van der Waals surface area (Å²) in [6, 6.07) is 0. The summed E-state index contributed by atoms with van der Waals surface area (Å²) in [7, 11) is 0. The van der Waals surface area contributed by atoms with Gasteiger partial charge in [-0.3, -0.25) is 0 Å². The second-order valence-electron chi connectivity index (χ2n) is 6.33. The molecule has 0 saturated heterocycles. The van der Waals surface area contributed by atoms with Gasteiger partial charge in [0.2, 0.25) is 0 Å².